The molecule has 4 heterocycles. The Morgan fingerprint density at radius 3 is 2.91 bits per heavy atom. The number of aromatic amines is 1. The maximum absolute atomic E-state index is 14.3. The van der Waals surface area contributed by atoms with E-state index in [2.05, 4.69) is 15.0 Å². The van der Waals surface area contributed by atoms with Crippen molar-refractivity contribution in [3.63, 3.8) is 0 Å². The molecule has 0 spiro atoms. The third-order valence-corrected chi connectivity index (χ3v) is 7.15. The molecule has 13 nitrogen and oxygen atoms in total. The number of ether oxygens (including phenoxy) is 1. The Kier molecular flexibility index (Phi) is 5.52. The van der Waals surface area contributed by atoms with Crippen LogP contribution in [-0.2, 0) is 20.4 Å². The molecule has 1 saturated heterocycles. The number of nitrogens with zero attached hydrogens (tertiary/aromatic N) is 3. The van der Waals surface area contributed by atoms with Crippen LogP contribution in [0, 0.1) is 0 Å². The standard InChI is InChI=1S/C18H20F2N5O8P/c19-16(20)18(6-31-34(29)30-5-8-3-1-2-4-9(8)33-34)12(27)11(26)15(32-18)25-7-22-10-13(25)23-17(21)24-14(10)28/h1-4,7,11-12,15-16,26-27,29,34H,5-6H2,(H3,21,23,24,28)/t11-,12+,15-,18-/m1/s1. The third-order valence-electron chi connectivity index (χ3n) is 5.65. The van der Waals surface area contributed by atoms with Crippen molar-refractivity contribution in [2.24, 2.45) is 0 Å². The van der Waals surface area contributed by atoms with E-state index in [1.54, 1.807) is 24.3 Å². The number of hydrogen-bond acceptors (Lipinski definition) is 11. The molecule has 2 aliphatic rings. The summed E-state index contributed by atoms with van der Waals surface area (Å²) in [6.07, 6.45) is -8.09. The van der Waals surface area contributed by atoms with Crippen molar-refractivity contribution in [3.8, 4) is 5.75 Å². The first-order chi connectivity index (χ1) is 16.1. The van der Waals surface area contributed by atoms with Crippen molar-refractivity contribution in [1.82, 2.24) is 19.5 Å². The topological polar surface area (TPSA) is 187 Å². The summed E-state index contributed by atoms with van der Waals surface area (Å²) in [5.41, 5.74) is 2.33. The summed E-state index contributed by atoms with van der Waals surface area (Å²) in [5, 5.41) is 21.1. The van der Waals surface area contributed by atoms with Crippen LogP contribution in [0.4, 0.5) is 14.7 Å². The molecule has 5 rings (SSSR count). The Balaban J connectivity index is 1.43. The van der Waals surface area contributed by atoms with E-state index in [9.17, 15) is 28.7 Å². The van der Waals surface area contributed by atoms with E-state index in [4.69, 9.17) is 24.0 Å². The van der Waals surface area contributed by atoms with Crippen LogP contribution in [0.1, 0.15) is 11.8 Å². The first kappa shape index (κ1) is 23.0. The average molecular weight is 503 g/mol. The summed E-state index contributed by atoms with van der Waals surface area (Å²) < 4.78 is 50.8. The summed E-state index contributed by atoms with van der Waals surface area (Å²) in [4.78, 5) is 32.6. The SMILES string of the molecule is Nc1nc2c(ncn2[C@@H]2O[C@@](CO[PH]3(O)OCc4ccccc4O3)(C(F)F)[C@@H](O)[C@H]2O)c(=O)[nH]1. The number of benzene rings is 1. The Hall–Kier alpha value is -2.78. The van der Waals surface area contributed by atoms with Crippen LogP contribution in [0.15, 0.2) is 35.4 Å². The number of nitrogens with one attached hydrogen (secondary N) is 1. The van der Waals surface area contributed by atoms with Gasteiger partial charge in [0.05, 0.1) is 0 Å². The summed E-state index contributed by atoms with van der Waals surface area (Å²) in [7, 11) is -4.45. The molecule has 34 heavy (non-hydrogen) atoms. The number of hydrogen-bond donors (Lipinski definition) is 5. The first-order valence-corrected chi connectivity index (χ1v) is 11.6. The molecule has 2 aliphatic heterocycles. The average Bonchev–Trinajstić information content (AvgIpc) is 3.32. The van der Waals surface area contributed by atoms with Gasteiger partial charge in [-0.05, 0) is 0 Å². The molecule has 3 aromatic rings. The molecule has 0 aliphatic carbocycles. The van der Waals surface area contributed by atoms with Gasteiger partial charge in [0, 0.05) is 0 Å². The molecular weight excluding hydrogens is 483 g/mol. The molecule has 2 aromatic heterocycles. The Morgan fingerprint density at radius 2 is 2.15 bits per heavy atom. The molecule has 0 bridgehead atoms. The van der Waals surface area contributed by atoms with Gasteiger partial charge in [-0.3, -0.25) is 0 Å². The molecule has 0 saturated carbocycles. The summed E-state index contributed by atoms with van der Waals surface area (Å²) in [6.45, 7) is -1.18. The number of H-pyrrole nitrogens is 1. The van der Waals surface area contributed by atoms with Crippen molar-refractivity contribution >= 4 is 25.3 Å². The van der Waals surface area contributed by atoms with E-state index in [1.807, 2.05) is 0 Å². The van der Waals surface area contributed by atoms with E-state index in [0.717, 1.165) is 10.9 Å². The van der Waals surface area contributed by atoms with Crippen molar-refractivity contribution in [1.29, 1.82) is 0 Å². The number of nitrogen functional groups attached to an aromatic ring is 1. The molecule has 0 amide bonds. The van der Waals surface area contributed by atoms with E-state index in [1.165, 1.54) is 0 Å². The van der Waals surface area contributed by atoms with Gasteiger partial charge in [-0.15, -0.1) is 0 Å². The molecule has 184 valence electrons. The Labute approximate surface area is 189 Å². The van der Waals surface area contributed by atoms with Gasteiger partial charge in [0.1, 0.15) is 0 Å². The fourth-order valence-electron chi connectivity index (χ4n) is 3.86. The molecule has 0 radical (unpaired) electrons. The van der Waals surface area contributed by atoms with Crippen LogP contribution in [0.2, 0.25) is 0 Å². The van der Waals surface area contributed by atoms with Crippen LogP contribution in [0.5, 0.6) is 5.75 Å². The summed E-state index contributed by atoms with van der Waals surface area (Å²) >= 11 is 0. The van der Waals surface area contributed by atoms with E-state index in [0.29, 0.717) is 5.56 Å². The normalized spacial score (nSPS) is 29.2. The number of anilines is 1. The molecular formula is C18H20F2N5O8P. The molecule has 6 N–H and O–H groups in total. The number of halogens is 2. The van der Waals surface area contributed by atoms with Gasteiger partial charge in [0.15, 0.2) is 0 Å². The second-order valence-corrected chi connectivity index (χ2v) is 9.61. The van der Waals surface area contributed by atoms with Crippen molar-refractivity contribution in [3.05, 3.63) is 46.5 Å². The maximum atomic E-state index is 14.3. The van der Waals surface area contributed by atoms with Crippen molar-refractivity contribution < 1.29 is 42.2 Å². The Bertz CT molecular complexity index is 1290. The second kappa shape index (κ2) is 8.16. The van der Waals surface area contributed by atoms with Gasteiger partial charge in [0.25, 0.3) is 0 Å². The number of imidazole rings is 1. The molecule has 4 atom stereocenters. The van der Waals surface area contributed by atoms with Gasteiger partial charge >= 0.3 is 189 Å². The number of nitrogens with two attached hydrogens (primary N) is 1. The van der Waals surface area contributed by atoms with Gasteiger partial charge in [-0.2, -0.15) is 0 Å². The van der Waals surface area contributed by atoms with E-state index >= 15 is 0 Å². The van der Waals surface area contributed by atoms with E-state index < -0.39 is 50.8 Å². The summed E-state index contributed by atoms with van der Waals surface area (Å²) in [5.74, 6) is -0.0191. The number of aromatic nitrogens is 4. The van der Waals surface area contributed by atoms with Gasteiger partial charge in [-0.25, -0.2) is 0 Å². The van der Waals surface area contributed by atoms with Gasteiger partial charge < -0.3 is 0 Å². The number of rotatable bonds is 5. The van der Waals surface area contributed by atoms with Crippen LogP contribution < -0.4 is 15.8 Å². The van der Waals surface area contributed by atoms with Crippen molar-refractivity contribution in [2.75, 3.05) is 12.3 Å². The Morgan fingerprint density at radius 1 is 1.38 bits per heavy atom. The third kappa shape index (κ3) is 3.62. The quantitative estimate of drug-likeness (QED) is 0.295. The van der Waals surface area contributed by atoms with Gasteiger partial charge in [0.2, 0.25) is 0 Å². The zero-order chi connectivity index (χ0) is 24.3. The fourth-order valence-corrected chi connectivity index (χ4v) is 5.28. The van der Waals surface area contributed by atoms with Gasteiger partial charge in [-0.1, -0.05) is 0 Å². The van der Waals surface area contributed by atoms with Crippen LogP contribution in [0.3, 0.4) is 0 Å². The van der Waals surface area contributed by atoms with Crippen LogP contribution in [-0.4, -0.2) is 65.5 Å². The molecule has 0 unspecified atom stereocenters. The number of alkyl halides is 2. The number of fused-ring (bicyclic) bond motifs is 2. The molecule has 1 aromatic carbocycles. The number of aliphatic hydroxyl groups is 2. The number of para-hydroxylation sites is 1. The minimum atomic E-state index is -4.45. The minimum absolute atomic E-state index is 0.0854. The fraction of sp³-hybridized carbons (Fsp3) is 0.389. The number of aliphatic hydroxyl groups excluding tert-OH is 2. The monoisotopic (exact) mass is 503 g/mol. The zero-order valence-electron chi connectivity index (χ0n) is 17.2. The first-order valence-electron chi connectivity index (χ1n) is 9.95. The van der Waals surface area contributed by atoms with Crippen LogP contribution >= 0.6 is 8.17 Å². The van der Waals surface area contributed by atoms with E-state index in [-0.39, 0.29) is 29.5 Å². The predicted octanol–water partition coefficient (Wildman–Crippen LogP) is -0.0157. The van der Waals surface area contributed by atoms with Crippen molar-refractivity contribution in [2.45, 2.75) is 37.1 Å². The summed E-state index contributed by atoms with van der Waals surface area (Å²) in [6, 6.07) is 6.61. The zero-order valence-corrected chi connectivity index (χ0v) is 18.2. The molecule has 1 fully saturated rings. The molecule has 16 heteroatoms. The van der Waals surface area contributed by atoms with Crippen LogP contribution in [0.25, 0.3) is 11.2 Å². The predicted molar refractivity (Wildman–Crippen MR) is 112 cm³/mol. The second-order valence-electron chi connectivity index (χ2n) is 7.79.